The van der Waals surface area contributed by atoms with E-state index in [1.54, 1.807) is 55.3 Å². The van der Waals surface area contributed by atoms with Gasteiger partial charge in [0, 0.05) is 39.8 Å². The van der Waals surface area contributed by atoms with Crippen LogP contribution in [0, 0.1) is 5.82 Å². The third-order valence-corrected chi connectivity index (χ3v) is 5.39. The van der Waals surface area contributed by atoms with Gasteiger partial charge in [-0.2, -0.15) is 0 Å². The van der Waals surface area contributed by atoms with Gasteiger partial charge in [-0.05, 0) is 48.7 Å². The lowest BCUT2D eigenvalue weighted by molar-refractivity contribution is -0.149. The van der Waals surface area contributed by atoms with Crippen LogP contribution in [0.5, 0.6) is 5.75 Å². The van der Waals surface area contributed by atoms with E-state index in [0.29, 0.717) is 58.2 Å². The number of urea groups is 1. The number of carboxylic acids is 1. The largest absolute Gasteiger partial charge is 0.492 e. The van der Waals surface area contributed by atoms with E-state index in [1.165, 1.54) is 12.1 Å². The first-order chi connectivity index (χ1) is 17.9. The molecule has 1 unspecified atom stereocenters. The average molecular weight is 521 g/mol. The number of amides is 2. The summed E-state index contributed by atoms with van der Waals surface area (Å²) >= 11 is 0. The Hall–Kier alpha value is -3.21. The number of ether oxygens (including phenoxy) is 4. The molecule has 0 fully saturated rings. The van der Waals surface area contributed by atoms with Crippen LogP contribution in [0.4, 0.5) is 9.18 Å². The third kappa shape index (κ3) is 12.1. The minimum absolute atomic E-state index is 0.217. The number of aliphatic carboxylic acids is 1. The van der Waals surface area contributed by atoms with Crippen LogP contribution in [0.2, 0.25) is 0 Å². The molecule has 0 heterocycles. The molecule has 0 aliphatic carbocycles. The minimum Gasteiger partial charge on any atom is -0.492 e. The first kappa shape index (κ1) is 30.0. The number of carbonyl (C=O) groups is 2. The zero-order valence-corrected chi connectivity index (χ0v) is 21.5. The molecule has 2 amide bonds. The van der Waals surface area contributed by atoms with Gasteiger partial charge in [0.25, 0.3) is 0 Å². The zero-order chi connectivity index (χ0) is 26.9. The Kier molecular flexibility index (Phi) is 14.0. The third-order valence-electron chi connectivity index (χ3n) is 5.39. The van der Waals surface area contributed by atoms with Crippen LogP contribution in [0.25, 0.3) is 0 Å². The van der Waals surface area contributed by atoms with E-state index < -0.39 is 12.1 Å². The molecule has 0 radical (unpaired) electrons. The molecule has 0 bridgehead atoms. The number of carbonyl (C=O) groups excluding carboxylic acids is 1. The van der Waals surface area contributed by atoms with Crippen LogP contribution < -0.4 is 10.1 Å². The summed E-state index contributed by atoms with van der Waals surface area (Å²) in [5.41, 5.74) is 1.71. The molecule has 0 aromatic heterocycles. The summed E-state index contributed by atoms with van der Waals surface area (Å²) in [6, 6.07) is 13.1. The smallest absolute Gasteiger partial charge is 0.333 e. The van der Waals surface area contributed by atoms with Crippen LogP contribution >= 0.6 is 0 Å². The number of hydrogen-bond donors (Lipinski definition) is 2. The van der Waals surface area contributed by atoms with Crippen molar-refractivity contribution in [2.75, 3.05) is 53.2 Å². The lowest BCUT2D eigenvalue weighted by Crippen LogP contribution is -2.43. The van der Waals surface area contributed by atoms with Gasteiger partial charge in [0.1, 0.15) is 18.2 Å². The second-order valence-electron chi connectivity index (χ2n) is 8.22. The molecule has 2 rings (SSSR count). The monoisotopic (exact) mass is 520 g/mol. The van der Waals surface area contributed by atoms with Crippen LogP contribution in [0.3, 0.4) is 0 Å². The van der Waals surface area contributed by atoms with Gasteiger partial charge in [-0.15, -0.1) is 0 Å². The molecule has 37 heavy (non-hydrogen) atoms. The maximum Gasteiger partial charge on any atom is 0.333 e. The highest BCUT2D eigenvalue weighted by molar-refractivity contribution is 5.74. The maximum atomic E-state index is 13.0. The van der Waals surface area contributed by atoms with E-state index in [-0.39, 0.29) is 24.9 Å². The van der Waals surface area contributed by atoms with E-state index >= 15 is 0 Å². The molecule has 2 N–H and O–H groups in total. The molecule has 9 nitrogen and oxygen atoms in total. The molecule has 1 atom stereocenters. The average Bonchev–Trinajstić information content (AvgIpc) is 2.89. The van der Waals surface area contributed by atoms with E-state index in [0.717, 1.165) is 11.1 Å². The topological polar surface area (TPSA) is 107 Å². The first-order valence-corrected chi connectivity index (χ1v) is 12.3. The van der Waals surface area contributed by atoms with Crippen molar-refractivity contribution in [3.63, 3.8) is 0 Å². The van der Waals surface area contributed by atoms with Crippen LogP contribution in [-0.2, 0) is 32.0 Å². The van der Waals surface area contributed by atoms with E-state index in [4.69, 9.17) is 18.9 Å². The van der Waals surface area contributed by atoms with Crippen molar-refractivity contribution in [2.24, 2.45) is 0 Å². The summed E-state index contributed by atoms with van der Waals surface area (Å²) in [6.45, 7) is 4.83. The standard InChI is InChI=1S/C27H37FN2O7/c1-3-36-25(26(31)32)19-21-7-11-24(12-8-21)37-18-15-30(27(33)29-13-17-34-2)14-4-16-35-20-22-5-9-23(28)10-6-22/h5-12,25H,3-4,13-20H2,1-2H3,(H,29,33)(H,31,32). The van der Waals surface area contributed by atoms with E-state index in [1.807, 2.05) is 0 Å². The summed E-state index contributed by atoms with van der Waals surface area (Å²) in [7, 11) is 1.57. The predicted molar refractivity (Wildman–Crippen MR) is 136 cm³/mol. The minimum atomic E-state index is -0.994. The Morgan fingerprint density at radius 2 is 1.70 bits per heavy atom. The quantitative estimate of drug-likeness (QED) is 0.290. The van der Waals surface area contributed by atoms with Gasteiger partial charge >= 0.3 is 12.0 Å². The second kappa shape index (κ2) is 17.3. The zero-order valence-electron chi connectivity index (χ0n) is 21.5. The molecule has 0 saturated heterocycles. The second-order valence-corrected chi connectivity index (χ2v) is 8.22. The van der Waals surface area contributed by atoms with Gasteiger partial charge in [0.05, 0.1) is 19.8 Å². The van der Waals surface area contributed by atoms with Crippen molar-refractivity contribution < 1.29 is 38.0 Å². The summed E-state index contributed by atoms with van der Waals surface area (Å²) in [4.78, 5) is 25.5. The Morgan fingerprint density at radius 1 is 1.00 bits per heavy atom. The summed E-state index contributed by atoms with van der Waals surface area (Å²) in [6.07, 6.45) is 0.00177. The molecule has 0 spiro atoms. The fourth-order valence-corrected chi connectivity index (χ4v) is 3.44. The number of nitrogens with zero attached hydrogens (tertiary/aromatic N) is 1. The number of carboxylic acid groups (broad SMARTS) is 1. The number of benzene rings is 2. The summed E-state index contributed by atoms with van der Waals surface area (Å²) < 4.78 is 34.7. The molecule has 0 aliphatic rings. The van der Waals surface area contributed by atoms with Crippen LogP contribution in [-0.4, -0.2) is 81.3 Å². The molecule has 2 aromatic carbocycles. The normalized spacial score (nSPS) is 11.6. The number of halogens is 1. The van der Waals surface area contributed by atoms with Gasteiger partial charge in [0.2, 0.25) is 0 Å². The highest BCUT2D eigenvalue weighted by Gasteiger charge is 2.18. The Morgan fingerprint density at radius 3 is 2.35 bits per heavy atom. The van der Waals surface area contributed by atoms with Crippen molar-refractivity contribution in [1.82, 2.24) is 10.2 Å². The Labute approximate surface area is 217 Å². The van der Waals surface area contributed by atoms with Crippen LogP contribution in [0.1, 0.15) is 24.5 Å². The fraction of sp³-hybridized carbons (Fsp3) is 0.481. The van der Waals surface area contributed by atoms with Gasteiger partial charge in [-0.25, -0.2) is 14.0 Å². The lowest BCUT2D eigenvalue weighted by Gasteiger charge is -2.23. The number of methoxy groups -OCH3 is 1. The summed E-state index contributed by atoms with van der Waals surface area (Å²) in [5, 5.41) is 12.1. The van der Waals surface area contributed by atoms with Crippen molar-refractivity contribution in [1.29, 1.82) is 0 Å². The number of rotatable bonds is 18. The summed E-state index contributed by atoms with van der Waals surface area (Å²) in [5.74, 6) is -0.660. The Balaban J connectivity index is 1.80. The molecule has 204 valence electrons. The predicted octanol–water partition coefficient (Wildman–Crippen LogP) is 3.50. The van der Waals surface area contributed by atoms with Crippen molar-refractivity contribution in [3.8, 4) is 5.75 Å². The fourth-order valence-electron chi connectivity index (χ4n) is 3.44. The molecule has 10 heteroatoms. The highest BCUT2D eigenvalue weighted by Crippen LogP contribution is 2.15. The lowest BCUT2D eigenvalue weighted by atomic mass is 10.1. The van der Waals surface area contributed by atoms with Crippen molar-refractivity contribution >= 4 is 12.0 Å². The van der Waals surface area contributed by atoms with Crippen molar-refractivity contribution in [2.45, 2.75) is 32.5 Å². The van der Waals surface area contributed by atoms with Gasteiger partial charge in [-0.1, -0.05) is 24.3 Å². The number of hydrogen-bond acceptors (Lipinski definition) is 6. The molecule has 2 aromatic rings. The van der Waals surface area contributed by atoms with E-state index in [2.05, 4.69) is 5.32 Å². The maximum absolute atomic E-state index is 13.0. The van der Waals surface area contributed by atoms with Gasteiger partial charge in [-0.3, -0.25) is 0 Å². The van der Waals surface area contributed by atoms with Crippen LogP contribution in [0.15, 0.2) is 48.5 Å². The van der Waals surface area contributed by atoms with Gasteiger partial charge in [0.15, 0.2) is 6.10 Å². The van der Waals surface area contributed by atoms with Gasteiger partial charge < -0.3 is 34.3 Å². The molecular formula is C27H37FN2O7. The molecule has 0 aliphatic heterocycles. The SMILES string of the molecule is CCOC(Cc1ccc(OCCN(CCCOCc2ccc(F)cc2)C(=O)NCCOC)cc1)C(=O)O. The Bertz CT molecular complexity index is 925. The van der Waals surface area contributed by atoms with Crippen molar-refractivity contribution in [3.05, 3.63) is 65.5 Å². The molecule has 0 saturated carbocycles. The van der Waals surface area contributed by atoms with E-state index in [9.17, 15) is 19.1 Å². The number of nitrogens with one attached hydrogen (secondary N) is 1. The highest BCUT2D eigenvalue weighted by atomic mass is 19.1. The first-order valence-electron chi connectivity index (χ1n) is 12.3. The molecular weight excluding hydrogens is 483 g/mol.